The number of rotatable bonds is 2. The highest BCUT2D eigenvalue weighted by molar-refractivity contribution is 6.18. The monoisotopic (exact) mass is 405 g/mol. The lowest BCUT2D eigenvalue weighted by atomic mass is 9.48. The van der Waals surface area contributed by atoms with E-state index in [4.69, 9.17) is 11.6 Å². The lowest BCUT2D eigenvalue weighted by Gasteiger charge is -2.56. The molecule has 4 aliphatic carbocycles. The first kappa shape index (κ1) is 19.6. The standard InChI is InChI=1S/C24H36ClNO2/c1-22-7-5-17(27)13-16(22)3-4-18-19(22)6-8-23(2)20(18)14-24(21(23)28)9-11-26(15-24)12-10-25/h3,17-20,27H,4-15H2,1-2H3. The van der Waals surface area contributed by atoms with Crippen LogP contribution >= 0.6 is 11.6 Å². The van der Waals surface area contributed by atoms with Crippen molar-refractivity contribution in [3.63, 3.8) is 0 Å². The first-order valence-electron chi connectivity index (χ1n) is 11.5. The number of carbonyl (C=O) groups is 1. The number of allylic oxidation sites excluding steroid dienone is 1. The number of nitrogens with zero attached hydrogens (tertiary/aromatic N) is 1. The van der Waals surface area contributed by atoms with Gasteiger partial charge in [0.25, 0.3) is 0 Å². The molecule has 7 unspecified atom stereocenters. The number of likely N-dealkylation sites (tertiary alicyclic amines) is 1. The summed E-state index contributed by atoms with van der Waals surface area (Å²) in [5, 5.41) is 10.2. The van der Waals surface area contributed by atoms with Crippen LogP contribution in [-0.2, 0) is 4.79 Å². The molecule has 0 amide bonds. The van der Waals surface area contributed by atoms with E-state index in [0.717, 1.165) is 64.6 Å². The van der Waals surface area contributed by atoms with E-state index < -0.39 is 0 Å². The number of carbonyl (C=O) groups excluding carboxylic acids is 1. The molecule has 0 aromatic heterocycles. The third-order valence-electron chi connectivity index (χ3n) is 9.91. The van der Waals surface area contributed by atoms with Gasteiger partial charge in [-0.15, -0.1) is 11.6 Å². The van der Waals surface area contributed by atoms with Gasteiger partial charge in [0.05, 0.1) is 6.10 Å². The average molecular weight is 406 g/mol. The Balaban J connectivity index is 1.45. The minimum absolute atomic E-state index is 0.103. The second-order valence-electron chi connectivity index (χ2n) is 11.1. The summed E-state index contributed by atoms with van der Waals surface area (Å²) in [6.45, 7) is 7.66. The first-order valence-corrected chi connectivity index (χ1v) is 12.1. The summed E-state index contributed by atoms with van der Waals surface area (Å²) in [4.78, 5) is 16.2. The number of ketones is 1. The Bertz CT molecular complexity index is 707. The van der Waals surface area contributed by atoms with Crippen molar-refractivity contribution in [1.82, 2.24) is 4.90 Å². The van der Waals surface area contributed by atoms with Crippen LogP contribution in [0.3, 0.4) is 0 Å². The van der Waals surface area contributed by atoms with Crippen LogP contribution < -0.4 is 0 Å². The zero-order valence-electron chi connectivity index (χ0n) is 17.6. The molecule has 5 rings (SSSR count). The summed E-state index contributed by atoms with van der Waals surface area (Å²) < 4.78 is 0. The smallest absolute Gasteiger partial charge is 0.146 e. The highest BCUT2D eigenvalue weighted by Gasteiger charge is 2.66. The van der Waals surface area contributed by atoms with E-state index in [-0.39, 0.29) is 22.3 Å². The average Bonchev–Trinajstić information content (AvgIpc) is 3.17. The van der Waals surface area contributed by atoms with Gasteiger partial charge in [-0.2, -0.15) is 0 Å². The molecule has 0 aromatic rings. The second-order valence-corrected chi connectivity index (χ2v) is 11.5. The van der Waals surface area contributed by atoms with Crippen LogP contribution in [0, 0.1) is 34.0 Å². The van der Waals surface area contributed by atoms with E-state index in [0.29, 0.717) is 29.4 Å². The predicted molar refractivity (Wildman–Crippen MR) is 112 cm³/mol. The van der Waals surface area contributed by atoms with Gasteiger partial charge in [0.2, 0.25) is 0 Å². The third kappa shape index (κ3) is 2.58. The maximum absolute atomic E-state index is 13.8. The number of halogens is 1. The first-order chi connectivity index (χ1) is 13.3. The number of aliphatic hydroxyl groups is 1. The van der Waals surface area contributed by atoms with Crippen LogP contribution in [-0.4, -0.2) is 47.4 Å². The zero-order chi connectivity index (χ0) is 19.7. The number of fused-ring (bicyclic) bond motifs is 5. The number of Topliss-reactive ketones (excluding diaryl/α,β-unsaturated/α-hetero) is 1. The van der Waals surface area contributed by atoms with Crippen molar-refractivity contribution in [3.05, 3.63) is 11.6 Å². The van der Waals surface area contributed by atoms with Gasteiger partial charge in [-0.1, -0.05) is 25.5 Å². The quantitative estimate of drug-likeness (QED) is 0.546. The van der Waals surface area contributed by atoms with Crippen molar-refractivity contribution in [2.75, 3.05) is 25.5 Å². The number of hydrogen-bond donors (Lipinski definition) is 1. The molecule has 0 bridgehead atoms. The molecule has 5 aliphatic rings. The SMILES string of the molecule is CC12CCC3C(CC=C4CC(O)CCC43C)C1CC1(CCN(CCCl)C1)C2=O. The molecule has 4 heteroatoms. The molecule has 3 saturated carbocycles. The Morgan fingerprint density at radius 3 is 2.75 bits per heavy atom. The fraction of sp³-hybridized carbons (Fsp3) is 0.875. The molecule has 1 heterocycles. The molecule has 1 spiro atoms. The van der Waals surface area contributed by atoms with Crippen molar-refractivity contribution in [2.45, 2.75) is 71.3 Å². The van der Waals surface area contributed by atoms with E-state index in [9.17, 15) is 9.90 Å². The van der Waals surface area contributed by atoms with Gasteiger partial charge in [-0.3, -0.25) is 4.79 Å². The van der Waals surface area contributed by atoms with Crippen LogP contribution in [0.2, 0.25) is 0 Å². The maximum Gasteiger partial charge on any atom is 0.146 e. The summed E-state index contributed by atoms with van der Waals surface area (Å²) in [6, 6.07) is 0. The Morgan fingerprint density at radius 2 is 1.96 bits per heavy atom. The molecule has 1 N–H and O–H groups in total. The highest BCUT2D eigenvalue weighted by atomic mass is 35.5. The Hall–Kier alpha value is -0.380. The fourth-order valence-electron chi connectivity index (χ4n) is 8.36. The molecule has 1 aliphatic heterocycles. The minimum atomic E-state index is -0.146. The van der Waals surface area contributed by atoms with E-state index in [1.54, 1.807) is 0 Å². The van der Waals surface area contributed by atoms with Crippen LogP contribution in [0.5, 0.6) is 0 Å². The lowest BCUT2D eigenvalue weighted by molar-refractivity contribution is -0.137. The van der Waals surface area contributed by atoms with Gasteiger partial charge in [0.15, 0.2) is 0 Å². The molecule has 7 atom stereocenters. The Labute approximate surface area is 174 Å². The van der Waals surface area contributed by atoms with Gasteiger partial charge < -0.3 is 10.0 Å². The van der Waals surface area contributed by atoms with Crippen molar-refractivity contribution in [1.29, 1.82) is 0 Å². The number of aliphatic hydroxyl groups excluding tert-OH is 1. The molecular formula is C24H36ClNO2. The Kier molecular flexibility index (Phi) is 4.58. The van der Waals surface area contributed by atoms with Crippen LogP contribution in [0.4, 0.5) is 0 Å². The van der Waals surface area contributed by atoms with Gasteiger partial charge in [-0.25, -0.2) is 0 Å². The summed E-state index contributed by atoms with van der Waals surface area (Å²) in [7, 11) is 0. The van der Waals surface area contributed by atoms with Crippen molar-refractivity contribution in [3.8, 4) is 0 Å². The molecule has 0 radical (unpaired) electrons. The molecule has 0 aromatic carbocycles. The normalized spacial score (nSPS) is 51.0. The number of hydrogen-bond acceptors (Lipinski definition) is 3. The maximum atomic E-state index is 13.8. The minimum Gasteiger partial charge on any atom is -0.393 e. The van der Waals surface area contributed by atoms with E-state index in [1.165, 1.54) is 12.0 Å². The molecule has 4 fully saturated rings. The third-order valence-corrected chi connectivity index (χ3v) is 10.1. The van der Waals surface area contributed by atoms with Crippen LogP contribution in [0.15, 0.2) is 11.6 Å². The van der Waals surface area contributed by atoms with Crippen molar-refractivity contribution >= 4 is 17.4 Å². The van der Waals surface area contributed by atoms with E-state index in [2.05, 4.69) is 24.8 Å². The lowest BCUT2D eigenvalue weighted by Crippen LogP contribution is -2.50. The molecule has 156 valence electrons. The Morgan fingerprint density at radius 1 is 1.18 bits per heavy atom. The molecule has 3 nitrogen and oxygen atoms in total. The van der Waals surface area contributed by atoms with Gasteiger partial charge in [-0.05, 0) is 81.1 Å². The van der Waals surface area contributed by atoms with Crippen LogP contribution in [0.25, 0.3) is 0 Å². The molecule has 1 saturated heterocycles. The van der Waals surface area contributed by atoms with E-state index in [1.807, 2.05) is 0 Å². The van der Waals surface area contributed by atoms with Gasteiger partial charge in [0.1, 0.15) is 5.78 Å². The topological polar surface area (TPSA) is 40.5 Å². The van der Waals surface area contributed by atoms with Crippen molar-refractivity contribution < 1.29 is 9.90 Å². The predicted octanol–water partition coefficient (Wildman–Crippen LogP) is 4.42. The largest absolute Gasteiger partial charge is 0.393 e. The highest BCUT2D eigenvalue weighted by Crippen LogP contribution is 2.67. The summed E-state index contributed by atoms with van der Waals surface area (Å²) in [6.07, 6.45) is 10.8. The second kappa shape index (κ2) is 6.56. The molecular weight excluding hydrogens is 370 g/mol. The zero-order valence-corrected chi connectivity index (χ0v) is 18.3. The van der Waals surface area contributed by atoms with Gasteiger partial charge >= 0.3 is 0 Å². The van der Waals surface area contributed by atoms with Crippen LogP contribution in [0.1, 0.15) is 65.2 Å². The van der Waals surface area contributed by atoms with Gasteiger partial charge in [0, 0.05) is 29.8 Å². The van der Waals surface area contributed by atoms with E-state index >= 15 is 0 Å². The molecule has 28 heavy (non-hydrogen) atoms. The summed E-state index contributed by atoms with van der Waals surface area (Å²) in [5.74, 6) is 3.12. The fourth-order valence-corrected chi connectivity index (χ4v) is 8.60. The van der Waals surface area contributed by atoms with Crippen molar-refractivity contribution in [2.24, 2.45) is 34.0 Å². The summed E-state index contributed by atoms with van der Waals surface area (Å²) >= 11 is 5.99. The number of alkyl halides is 1. The summed E-state index contributed by atoms with van der Waals surface area (Å²) in [5.41, 5.74) is 1.55.